The van der Waals surface area contributed by atoms with E-state index >= 15 is 0 Å². The first-order valence-electron chi connectivity index (χ1n) is 7.25. The number of nitrogens with one attached hydrogen (secondary N) is 1. The Balaban J connectivity index is 1.91. The molecule has 1 atom stereocenters. The number of hydrogen-bond donors (Lipinski definition) is 1. The summed E-state index contributed by atoms with van der Waals surface area (Å²) in [7, 11) is 1.70. The molecule has 0 fully saturated rings. The SMILES string of the molecule is CCCn1ccc(CN[C@@H](C)c2cccc(OC)c2)c1. The van der Waals surface area contributed by atoms with Crippen molar-refractivity contribution >= 4 is 0 Å². The highest BCUT2D eigenvalue weighted by atomic mass is 16.5. The fraction of sp³-hybridized carbons (Fsp3) is 0.412. The van der Waals surface area contributed by atoms with Crippen molar-refractivity contribution < 1.29 is 4.74 Å². The Labute approximate surface area is 121 Å². The number of nitrogens with zero attached hydrogens (tertiary/aromatic N) is 1. The van der Waals surface area contributed by atoms with Crippen LogP contribution in [0.1, 0.15) is 37.4 Å². The van der Waals surface area contributed by atoms with Gasteiger partial charge in [-0.05, 0) is 42.7 Å². The van der Waals surface area contributed by atoms with Crippen molar-refractivity contribution in [1.82, 2.24) is 9.88 Å². The van der Waals surface area contributed by atoms with Crippen molar-refractivity contribution in [3.8, 4) is 5.75 Å². The number of rotatable bonds is 7. The molecule has 108 valence electrons. The molecule has 20 heavy (non-hydrogen) atoms. The predicted molar refractivity (Wildman–Crippen MR) is 83.0 cm³/mol. The lowest BCUT2D eigenvalue weighted by atomic mass is 10.1. The molecule has 0 spiro atoms. The molecule has 1 N–H and O–H groups in total. The monoisotopic (exact) mass is 272 g/mol. The largest absolute Gasteiger partial charge is 0.497 e. The quantitative estimate of drug-likeness (QED) is 0.830. The van der Waals surface area contributed by atoms with E-state index in [1.54, 1.807) is 7.11 Å². The van der Waals surface area contributed by atoms with E-state index < -0.39 is 0 Å². The summed E-state index contributed by atoms with van der Waals surface area (Å²) in [5.41, 5.74) is 2.57. The third-order valence-electron chi connectivity index (χ3n) is 3.50. The molecule has 1 aromatic carbocycles. The van der Waals surface area contributed by atoms with Crippen LogP contribution >= 0.6 is 0 Å². The summed E-state index contributed by atoms with van der Waals surface area (Å²) in [6.07, 6.45) is 5.54. The molecule has 0 saturated carbocycles. The van der Waals surface area contributed by atoms with Gasteiger partial charge in [0.25, 0.3) is 0 Å². The van der Waals surface area contributed by atoms with Crippen molar-refractivity contribution in [2.24, 2.45) is 0 Å². The number of aryl methyl sites for hydroxylation is 1. The van der Waals surface area contributed by atoms with Crippen molar-refractivity contribution in [2.45, 2.75) is 39.4 Å². The van der Waals surface area contributed by atoms with Crippen LogP contribution in [0, 0.1) is 0 Å². The Morgan fingerprint density at radius 2 is 2.15 bits per heavy atom. The van der Waals surface area contributed by atoms with E-state index in [0.29, 0.717) is 6.04 Å². The van der Waals surface area contributed by atoms with Crippen LogP contribution in [0.2, 0.25) is 0 Å². The smallest absolute Gasteiger partial charge is 0.119 e. The van der Waals surface area contributed by atoms with E-state index in [1.807, 2.05) is 12.1 Å². The van der Waals surface area contributed by atoms with E-state index in [9.17, 15) is 0 Å². The molecule has 3 nitrogen and oxygen atoms in total. The van der Waals surface area contributed by atoms with Gasteiger partial charge in [0.2, 0.25) is 0 Å². The normalized spacial score (nSPS) is 12.3. The van der Waals surface area contributed by atoms with Crippen LogP contribution in [0.25, 0.3) is 0 Å². The molecule has 1 aromatic heterocycles. The molecule has 3 heteroatoms. The highest BCUT2D eigenvalue weighted by Gasteiger charge is 2.06. The standard InChI is InChI=1S/C17H24N2O/c1-4-9-19-10-8-15(13-19)12-18-14(2)16-6-5-7-17(11-16)20-3/h5-8,10-11,13-14,18H,4,9,12H2,1-3H3/t14-/m0/s1. The highest BCUT2D eigenvalue weighted by Crippen LogP contribution is 2.19. The second-order valence-corrected chi connectivity index (χ2v) is 5.14. The van der Waals surface area contributed by atoms with Crippen LogP contribution in [0.15, 0.2) is 42.7 Å². The number of aromatic nitrogens is 1. The van der Waals surface area contributed by atoms with Gasteiger partial charge in [-0.1, -0.05) is 19.1 Å². The third-order valence-corrected chi connectivity index (χ3v) is 3.50. The van der Waals surface area contributed by atoms with Crippen molar-refractivity contribution in [1.29, 1.82) is 0 Å². The van der Waals surface area contributed by atoms with Crippen LogP contribution < -0.4 is 10.1 Å². The summed E-state index contributed by atoms with van der Waals surface area (Å²) in [5.74, 6) is 0.908. The molecular formula is C17H24N2O. The van der Waals surface area contributed by atoms with Gasteiger partial charge in [0, 0.05) is 31.5 Å². The molecule has 0 bridgehead atoms. The van der Waals surface area contributed by atoms with Gasteiger partial charge in [0.05, 0.1) is 7.11 Å². The summed E-state index contributed by atoms with van der Waals surface area (Å²) < 4.78 is 7.51. The molecule has 0 saturated heterocycles. The average molecular weight is 272 g/mol. The molecule has 0 aliphatic rings. The van der Waals surface area contributed by atoms with Gasteiger partial charge < -0.3 is 14.6 Å². The second kappa shape index (κ2) is 7.15. The lowest BCUT2D eigenvalue weighted by molar-refractivity contribution is 0.413. The zero-order valence-electron chi connectivity index (χ0n) is 12.6. The van der Waals surface area contributed by atoms with Crippen molar-refractivity contribution in [3.63, 3.8) is 0 Å². The van der Waals surface area contributed by atoms with Gasteiger partial charge in [-0.2, -0.15) is 0 Å². The van der Waals surface area contributed by atoms with E-state index in [2.05, 4.69) is 54.3 Å². The van der Waals surface area contributed by atoms with Crippen molar-refractivity contribution in [3.05, 3.63) is 53.9 Å². The van der Waals surface area contributed by atoms with Crippen LogP contribution in [0.5, 0.6) is 5.75 Å². The Kier molecular flexibility index (Phi) is 5.24. The molecule has 0 radical (unpaired) electrons. The Morgan fingerprint density at radius 3 is 2.90 bits per heavy atom. The highest BCUT2D eigenvalue weighted by molar-refractivity contribution is 5.30. The van der Waals surface area contributed by atoms with E-state index in [1.165, 1.54) is 17.5 Å². The molecule has 0 unspecified atom stereocenters. The minimum atomic E-state index is 0.305. The Morgan fingerprint density at radius 1 is 1.30 bits per heavy atom. The topological polar surface area (TPSA) is 26.2 Å². The van der Waals surface area contributed by atoms with Crippen LogP contribution in [0.4, 0.5) is 0 Å². The van der Waals surface area contributed by atoms with Gasteiger partial charge in [0.1, 0.15) is 5.75 Å². The average Bonchev–Trinajstić information content (AvgIpc) is 2.93. The molecular weight excluding hydrogens is 248 g/mol. The second-order valence-electron chi connectivity index (χ2n) is 5.14. The molecule has 0 amide bonds. The van der Waals surface area contributed by atoms with Crippen molar-refractivity contribution in [2.75, 3.05) is 7.11 Å². The molecule has 2 rings (SSSR count). The summed E-state index contributed by atoms with van der Waals surface area (Å²) in [4.78, 5) is 0. The third kappa shape index (κ3) is 3.87. The lowest BCUT2D eigenvalue weighted by Gasteiger charge is -2.14. The number of benzene rings is 1. The number of ether oxygens (including phenoxy) is 1. The zero-order chi connectivity index (χ0) is 14.4. The fourth-order valence-corrected chi connectivity index (χ4v) is 2.29. The zero-order valence-corrected chi connectivity index (χ0v) is 12.6. The fourth-order valence-electron chi connectivity index (χ4n) is 2.29. The van der Waals surface area contributed by atoms with Gasteiger partial charge in [0.15, 0.2) is 0 Å². The number of hydrogen-bond acceptors (Lipinski definition) is 2. The maximum atomic E-state index is 5.27. The van der Waals surface area contributed by atoms with Gasteiger partial charge in [-0.25, -0.2) is 0 Å². The first-order valence-corrected chi connectivity index (χ1v) is 7.25. The van der Waals surface area contributed by atoms with Crippen LogP contribution in [-0.4, -0.2) is 11.7 Å². The van der Waals surface area contributed by atoms with Crippen LogP contribution in [0.3, 0.4) is 0 Å². The van der Waals surface area contributed by atoms with E-state index in [0.717, 1.165) is 18.8 Å². The minimum absolute atomic E-state index is 0.305. The summed E-state index contributed by atoms with van der Waals surface area (Å²) in [5, 5.41) is 3.55. The maximum absolute atomic E-state index is 5.27. The maximum Gasteiger partial charge on any atom is 0.119 e. The molecule has 0 aliphatic carbocycles. The van der Waals surface area contributed by atoms with Gasteiger partial charge in [-0.3, -0.25) is 0 Å². The summed E-state index contributed by atoms with van der Waals surface area (Å²) in [6.45, 7) is 6.35. The first-order chi connectivity index (χ1) is 9.72. The van der Waals surface area contributed by atoms with Gasteiger partial charge in [-0.15, -0.1) is 0 Å². The predicted octanol–water partition coefficient (Wildman–Crippen LogP) is 3.76. The number of methoxy groups -OCH3 is 1. The first kappa shape index (κ1) is 14.7. The molecule has 1 heterocycles. The van der Waals surface area contributed by atoms with Gasteiger partial charge >= 0.3 is 0 Å². The van der Waals surface area contributed by atoms with E-state index in [4.69, 9.17) is 4.74 Å². The summed E-state index contributed by atoms with van der Waals surface area (Å²) in [6, 6.07) is 10.7. The summed E-state index contributed by atoms with van der Waals surface area (Å²) >= 11 is 0. The minimum Gasteiger partial charge on any atom is -0.497 e. The molecule has 2 aromatic rings. The Hall–Kier alpha value is -1.74. The van der Waals surface area contributed by atoms with E-state index in [-0.39, 0.29) is 0 Å². The van der Waals surface area contributed by atoms with Crippen LogP contribution in [-0.2, 0) is 13.1 Å². The Bertz CT molecular complexity index is 533. The molecule has 0 aliphatic heterocycles. The lowest BCUT2D eigenvalue weighted by Crippen LogP contribution is -2.17.